The number of benzene rings is 2. The van der Waals surface area contributed by atoms with Gasteiger partial charge in [-0.25, -0.2) is 18.0 Å². The average Bonchev–Trinajstić information content (AvgIpc) is 2.79. The Bertz CT molecular complexity index is 1010. The van der Waals surface area contributed by atoms with Gasteiger partial charge >= 0.3 is 5.97 Å². The van der Waals surface area contributed by atoms with E-state index in [2.05, 4.69) is 6.58 Å². The van der Waals surface area contributed by atoms with E-state index in [1.807, 2.05) is 6.08 Å². The lowest BCUT2D eigenvalue weighted by molar-refractivity contribution is 0.0733. The molecule has 33 heavy (non-hydrogen) atoms. The molecule has 0 amide bonds. The third-order valence-electron chi connectivity index (χ3n) is 7.58. The van der Waals surface area contributed by atoms with Crippen LogP contribution in [0.5, 0.6) is 5.75 Å². The van der Waals surface area contributed by atoms with E-state index in [0.29, 0.717) is 17.4 Å². The van der Waals surface area contributed by atoms with Crippen LogP contribution in [0.25, 0.3) is 0 Å². The average molecular weight is 457 g/mol. The summed E-state index contributed by atoms with van der Waals surface area (Å²) in [5.74, 6) is -1.14. The highest BCUT2D eigenvalue weighted by molar-refractivity contribution is 5.91. The van der Waals surface area contributed by atoms with Crippen LogP contribution in [0, 0.1) is 42.1 Å². The van der Waals surface area contributed by atoms with Gasteiger partial charge in [-0.3, -0.25) is 0 Å². The Morgan fingerprint density at radius 2 is 1.70 bits per heavy atom. The van der Waals surface area contributed by atoms with Crippen molar-refractivity contribution in [2.75, 3.05) is 0 Å². The maximum Gasteiger partial charge on any atom is 0.343 e. The first-order valence-corrected chi connectivity index (χ1v) is 11.9. The summed E-state index contributed by atoms with van der Waals surface area (Å²) in [7, 11) is 0. The number of aryl methyl sites for hydroxylation is 1. The maximum absolute atomic E-state index is 15.0. The molecule has 2 nitrogen and oxygen atoms in total. The molecule has 0 aliphatic heterocycles. The maximum atomic E-state index is 15.0. The van der Waals surface area contributed by atoms with E-state index < -0.39 is 23.4 Å². The minimum absolute atomic E-state index is 0.00462. The van der Waals surface area contributed by atoms with Crippen LogP contribution in [0.3, 0.4) is 0 Å². The van der Waals surface area contributed by atoms with Gasteiger partial charge in [0.1, 0.15) is 23.2 Å². The predicted molar refractivity (Wildman–Crippen MR) is 123 cm³/mol. The molecule has 4 unspecified atom stereocenters. The van der Waals surface area contributed by atoms with Gasteiger partial charge in [-0.15, -0.1) is 6.58 Å². The minimum Gasteiger partial charge on any atom is -0.423 e. The first kappa shape index (κ1) is 23.6. The molecule has 2 aromatic rings. The highest BCUT2D eigenvalue weighted by Crippen LogP contribution is 2.49. The first-order valence-electron chi connectivity index (χ1n) is 11.9. The molecule has 0 radical (unpaired) electrons. The van der Waals surface area contributed by atoms with Crippen molar-refractivity contribution in [3.05, 3.63) is 77.1 Å². The number of halogens is 3. The quantitative estimate of drug-likeness (QED) is 0.251. The van der Waals surface area contributed by atoms with Crippen LogP contribution in [0.4, 0.5) is 13.2 Å². The summed E-state index contributed by atoms with van der Waals surface area (Å²) in [5, 5.41) is 0. The van der Waals surface area contributed by atoms with Crippen molar-refractivity contribution in [3.63, 3.8) is 0 Å². The van der Waals surface area contributed by atoms with E-state index >= 15 is 8.78 Å². The van der Waals surface area contributed by atoms with Crippen LogP contribution in [0.2, 0.25) is 0 Å². The van der Waals surface area contributed by atoms with Crippen molar-refractivity contribution >= 4 is 5.97 Å². The van der Waals surface area contributed by atoms with Gasteiger partial charge in [0.05, 0.1) is 5.56 Å². The molecule has 4 atom stereocenters. The van der Waals surface area contributed by atoms with Gasteiger partial charge in [-0.2, -0.15) is 0 Å². The van der Waals surface area contributed by atoms with E-state index in [1.54, 1.807) is 6.92 Å². The molecule has 0 aromatic heterocycles. The highest BCUT2D eigenvalue weighted by atomic mass is 19.1. The van der Waals surface area contributed by atoms with E-state index in [-0.39, 0.29) is 22.8 Å². The number of ether oxygens (including phenoxy) is 1. The summed E-state index contributed by atoms with van der Waals surface area (Å²) in [4.78, 5) is 12.4. The van der Waals surface area contributed by atoms with Gasteiger partial charge < -0.3 is 4.74 Å². The van der Waals surface area contributed by atoms with Gasteiger partial charge in [-0.05, 0) is 99.3 Å². The summed E-state index contributed by atoms with van der Waals surface area (Å²) >= 11 is 0. The lowest BCUT2D eigenvalue weighted by Crippen LogP contribution is -2.31. The molecule has 0 spiro atoms. The topological polar surface area (TPSA) is 26.3 Å². The van der Waals surface area contributed by atoms with E-state index in [0.717, 1.165) is 56.2 Å². The van der Waals surface area contributed by atoms with E-state index in [4.69, 9.17) is 4.74 Å². The number of hydrogen-bond acceptors (Lipinski definition) is 2. The third kappa shape index (κ3) is 5.34. The molecule has 2 aliphatic rings. The highest BCUT2D eigenvalue weighted by Gasteiger charge is 2.37. The van der Waals surface area contributed by atoms with Crippen molar-refractivity contribution < 1.29 is 22.7 Å². The van der Waals surface area contributed by atoms with Crippen LogP contribution in [0.1, 0.15) is 78.8 Å². The number of allylic oxidation sites excluding steroid dienone is 1. The second-order valence-corrected chi connectivity index (χ2v) is 9.73. The minimum atomic E-state index is -0.913. The number of rotatable bonds is 6. The molecule has 2 aliphatic carbocycles. The van der Waals surface area contributed by atoms with Crippen molar-refractivity contribution in [1.82, 2.24) is 0 Å². The molecule has 2 fully saturated rings. The van der Waals surface area contributed by atoms with Crippen LogP contribution < -0.4 is 4.74 Å². The van der Waals surface area contributed by atoms with Crippen LogP contribution in [-0.4, -0.2) is 5.97 Å². The zero-order valence-corrected chi connectivity index (χ0v) is 19.1. The number of carbonyl (C=O) groups is 1. The fourth-order valence-electron chi connectivity index (χ4n) is 5.76. The summed E-state index contributed by atoms with van der Waals surface area (Å²) in [6, 6.07) is 6.10. The Morgan fingerprint density at radius 1 is 1.00 bits per heavy atom. The van der Waals surface area contributed by atoms with Crippen molar-refractivity contribution in [3.8, 4) is 5.75 Å². The molecular weight excluding hydrogens is 425 g/mol. The number of esters is 1. The molecule has 0 heterocycles. The van der Waals surface area contributed by atoms with Gasteiger partial charge in [0.2, 0.25) is 0 Å². The Kier molecular flexibility index (Phi) is 7.26. The molecule has 4 rings (SSSR count). The molecule has 0 bridgehead atoms. The molecule has 2 saturated carbocycles. The summed E-state index contributed by atoms with van der Waals surface area (Å²) in [6.45, 7) is 5.41. The Hall–Kier alpha value is -2.56. The van der Waals surface area contributed by atoms with E-state index in [1.165, 1.54) is 31.4 Å². The Labute approximate surface area is 193 Å². The third-order valence-corrected chi connectivity index (χ3v) is 7.58. The van der Waals surface area contributed by atoms with Crippen molar-refractivity contribution in [2.24, 2.45) is 17.8 Å². The lowest BCUT2D eigenvalue weighted by atomic mass is 9.63. The summed E-state index contributed by atoms with van der Waals surface area (Å²) < 4.78 is 48.9. The standard InChI is InChI=1S/C28H31F3O2/c1-3-4-5-18-7-8-20-13-21(10-9-19(20)12-18)27-25(30)14-22(15-26(27)31)28(32)33-23-11-6-17(2)24(29)16-23/h3,6,11,14-16,18-21H,1,4-5,7-10,12-13H2,2H3. The summed E-state index contributed by atoms with van der Waals surface area (Å²) in [5.41, 5.74) is 0.280. The van der Waals surface area contributed by atoms with Gasteiger partial charge in [0.25, 0.3) is 0 Å². The molecule has 0 saturated heterocycles. The number of hydrogen-bond donors (Lipinski definition) is 0. The second kappa shape index (κ2) is 10.1. The SMILES string of the molecule is C=CCCC1CCC2CC(c3c(F)cc(C(=O)Oc4ccc(C)c(F)c4)cc3F)CCC2C1. The van der Waals surface area contributed by atoms with Crippen LogP contribution in [-0.2, 0) is 0 Å². The lowest BCUT2D eigenvalue weighted by Gasteiger charge is -2.42. The molecule has 0 N–H and O–H groups in total. The summed E-state index contributed by atoms with van der Waals surface area (Å²) in [6.07, 6.45) is 10.3. The zero-order chi connectivity index (χ0) is 23.5. The normalized spacial score (nSPS) is 24.7. The molecular formula is C28H31F3O2. The monoisotopic (exact) mass is 456 g/mol. The molecule has 2 aromatic carbocycles. The van der Waals surface area contributed by atoms with Gasteiger partial charge in [0, 0.05) is 11.6 Å². The zero-order valence-electron chi connectivity index (χ0n) is 19.1. The van der Waals surface area contributed by atoms with Gasteiger partial charge in [0.15, 0.2) is 0 Å². The number of fused-ring (bicyclic) bond motifs is 1. The Morgan fingerprint density at radius 3 is 2.39 bits per heavy atom. The largest absolute Gasteiger partial charge is 0.423 e. The smallest absolute Gasteiger partial charge is 0.343 e. The molecule has 176 valence electrons. The Balaban J connectivity index is 1.44. The number of carbonyl (C=O) groups excluding carboxylic acids is 1. The van der Waals surface area contributed by atoms with Crippen LogP contribution in [0.15, 0.2) is 43.0 Å². The van der Waals surface area contributed by atoms with E-state index in [9.17, 15) is 9.18 Å². The van der Waals surface area contributed by atoms with Gasteiger partial charge in [-0.1, -0.05) is 18.6 Å². The fourth-order valence-corrected chi connectivity index (χ4v) is 5.76. The van der Waals surface area contributed by atoms with Crippen molar-refractivity contribution in [1.29, 1.82) is 0 Å². The van der Waals surface area contributed by atoms with Crippen LogP contribution >= 0.6 is 0 Å². The second-order valence-electron chi connectivity index (χ2n) is 9.73. The first-order chi connectivity index (χ1) is 15.9. The predicted octanol–water partition coefficient (Wildman–Crippen LogP) is 7.90. The van der Waals surface area contributed by atoms with Crippen molar-refractivity contribution in [2.45, 2.75) is 64.2 Å². The fraction of sp³-hybridized carbons (Fsp3) is 0.464. The molecule has 5 heteroatoms.